The highest BCUT2D eigenvalue weighted by atomic mass is 32.2. The Balaban J connectivity index is 1.64. The van der Waals surface area contributed by atoms with Crippen molar-refractivity contribution >= 4 is 34.2 Å². The summed E-state index contributed by atoms with van der Waals surface area (Å²) >= 11 is 1.69. The Kier molecular flexibility index (Phi) is 4.24. The normalized spacial score (nSPS) is 19.9. The van der Waals surface area contributed by atoms with Crippen LogP contribution in [0.2, 0.25) is 0 Å². The number of nitrogens with zero attached hydrogens (tertiary/aromatic N) is 2. The van der Waals surface area contributed by atoms with Crippen LogP contribution in [0.3, 0.4) is 0 Å². The maximum absolute atomic E-state index is 11.3. The number of carbonyl (C=O) groups is 1. The molecule has 0 radical (unpaired) electrons. The van der Waals surface area contributed by atoms with E-state index < -0.39 is 0 Å². The maximum atomic E-state index is 11.3. The van der Waals surface area contributed by atoms with Crippen LogP contribution in [-0.2, 0) is 4.79 Å². The van der Waals surface area contributed by atoms with Crippen molar-refractivity contribution in [3.8, 4) is 0 Å². The van der Waals surface area contributed by atoms with Crippen molar-refractivity contribution in [1.29, 1.82) is 0 Å². The smallest absolute Gasteiger partial charge is 0.224 e. The molecule has 0 bridgehead atoms. The molecule has 2 N–H and O–H groups in total. The van der Waals surface area contributed by atoms with Crippen molar-refractivity contribution in [3.63, 3.8) is 0 Å². The zero-order valence-corrected chi connectivity index (χ0v) is 12.7. The summed E-state index contributed by atoms with van der Waals surface area (Å²) in [5, 5.41) is 8.16. The van der Waals surface area contributed by atoms with E-state index in [2.05, 4.69) is 20.8 Å². The number of hydrazone groups is 1. The molecule has 1 heterocycles. The highest BCUT2D eigenvalue weighted by Gasteiger charge is 2.22. The molecule has 2 aliphatic rings. The van der Waals surface area contributed by atoms with Crippen LogP contribution in [0, 0.1) is 0 Å². The summed E-state index contributed by atoms with van der Waals surface area (Å²) in [6.45, 7) is 1.84. The van der Waals surface area contributed by atoms with Gasteiger partial charge in [-0.2, -0.15) is 5.10 Å². The van der Waals surface area contributed by atoms with Gasteiger partial charge >= 0.3 is 0 Å². The highest BCUT2D eigenvalue weighted by molar-refractivity contribution is 8.14. The maximum Gasteiger partial charge on any atom is 0.224 e. The monoisotopic (exact) mass is 302 g/mol. The third-order valence-corrected chi connectivity index (χ3v) is 4.19. The van der Waals surface area contributed by atoms with E-state index in [4.69, 9.17) is 0 Å². The van der Waals surface area contributed by atoms with Gasteiger partial charge in [-0.25, -0.2) is 0 Å². The van der Waals surface area contributed by atoms with Crippen LogP contribution in [0.5, 0.6) is 0 Å². The van der Waals surface area contributed by atoms with Crippen LogP contribution >= 0.6 is 11.8 Å². The number of carbonyl (C=O) groups excluding carboxylic acids is 1. The molecule has 0 spiro atoms. The molecule has 5 nitrogen and oxygen atoms in total. The third-order valence-electron chi connectivity index (χ3n) is 3.30. The largest absolute Gasteiger partial charge is 0.326 e. The van der Waals surface area contributed by atoms with Gasteiger partial charge in [0.25, 0.3) is 0 Å². The van der Waals surface area contributed by atoms with Crippen molar-refractivity contribution in [2.75, 3.05) is 11.1 Å². The summed E-state index contributed by atoms with van der Waals surface area (Å²) in [6.07, 6.45) is 2.89. The van der Waals surface area contributed by atoms with E-state index in [1.165, 1.54) is 12.8 Å². The van der Waals surface area contributed by atoms with E-state index in [1.807, 2.05) is 31.2 Å². The number of thioether (sulfide) groups is 1. The lowest BCUT2D eigenvalue weighted by Gasteiger charge is -2.15. The Morgan fingerprint density at radius 1 is 1.43 bits per heavy atom. The van der Waals surface area contributed by atoms with E-state index >= 15 is 0 Å². The van der Waals surface area contributed by atoms with Crippen molar-refractivity contribution in [3.05, 3.63) is 29.8 Å². The second kappa shape index (κ2) is 6.30. The molecule has 1 aliphatic heterocycles. The van der Waals surface area contributed by atoms with E-state index in [0.717, 1.165) is 27.9 Å². The number of anilines is 1. The van der Waals surface area contributed by atoms with Gasteiger partial charge in [0.1, 0.15) is 0 Å². The van der Waals surface area contributed by atoms with Crippen molar-refractivity contribution in [1.82, 2.24) is 5.43 Å². The number of amidine groups is 1. The van der Waals surface area contributed by atoms with E-state index in [1.54, 1.807) is 11.8 Å². The average Bonchev–Trinajstić information content (AvgIpc) is 3.33. The molecule has 1 saturated carbocycles. The van der Waals surface area contributed by atoms with Crippen molar-refractivity contribution in [2.24, 2.45) is 10.1 Å². The fourth-order valence-corrected chi connectivity index (χ4v) is 2.73. The van der Waals surface area contributed by atoms with Gasteiger partial charge in [0.15, 0.2) is 5.17 Å². The number of nitrogens with one attached hydrogen (secondary N) is 2. The summed E-state index contributed by atoms with van der Waals surface area (Å²) in [7, 11) is 0. The molecule has 1 fully saturated rings. The van der Waals surface area contributed by atoms with Gasteiger partial charge < -0.3 is 5.32 Å². The van der Waals surface area contributed by atoms with Crippen LogP contribution < -0.4 is 10.7 Å². The standard InChI is InChI=1S/C15H18N4OS/c1-2-14(20)16-11-5-3-10(4-6-11)13-9-21-15(19-18-13)17-12-7-8-12/h3-6,12H,2,7-9H2,1H3,(H,16,20)(H,17,19). The zero-order chi connectivity index (χ0) is 14.7. The molecule has 1 aromatic rings. The summed E-state index contributed by atoms with van der Waals surface area (Å²) in [5.41, 5.74) is 5.91. The van der Waals surface area contributed by atoms with Crippen molar-refractivity contribution in [2.45, 2.75) is 32.2 Å². The molecule has 1 amide bonds. The molecular weight excluding hydrogens is 284 g/mol. The lowest BCUT2D eigenvalue weighted by atomic mass is 10.1. The lowest BCUT2D eigenvalue weighted by Crippen LogP contribution is -2.25. The van der Waals surface area contributed by atoms with Gasteiger partial charge in [-0.3, -0.25) is 15.2 Å². The van der Waals surface area contributed by atoms with E-state index in [9.17, 15) is 4.79 Å². The first-order chi connectivity index (χ1) is 10.2. The molecule has 21 heavy (non-hydrogen) atoms. The van der Waals surface area contributed by atoms with E-state index in [0.29, 0.717) is 12.5 Å². The SMILES string of the molecule is CCC(=O)Nc1ccc(C2=NNC(=NC3CC3)SC2)cc1. The first kappa shape index (κ1) is 14.1. The second-order valence-corrected chi connectivity index (χ2v) is 6.07. The molecule has 6 heteroatoms. The number of hydrogen-bond acceptors (Lipinski definition) is 4. The fourth-order valence-electron chi connectivity index (χ4n) is 1.90. The quantitative estimate of drug-likeness (QED) is 0.898. The number of rotatable bonds is 4. The molecule has 110 valence electrons. The van der Waals surface area contributed by atoms with Crippen molar-refractivity contribution < 1.29 is 4.79 Å². The predicted molar refractivity (Wildman–Crippen MR) is 88.0 cm³/mol. The van der Waals surface area contributed by atoms with Gasteiger partial charge in [-0.15, -0.1) is 0 Å². The Hall–Kier alpha value is -1.82. The van der Waals surface area contributed by atoms with Crippen LogP contribution in [0.25, 0.3) is 0 Å². The van der Waals surface area contributed by atoms with Gasteiger partial charge in [0, 0.05) is 17.9 Å². The Morgan fingerprint density at radius 3 is 2.76 bits per heavy atom. The Bertz CT molecular complexity index is 590. The minimum Gasteiger partial charge on any atom is -0.326 e. The minimum atomic E-state index is 0.0240. The molecule has 1 aliphatic carbocycles. The highest BCUT2D eigenvalue weighted by Crippen LogP contribution is 2.25. The fraction of sp³-hybridized carbons (Fsp3) is 0.400. The number of amides is 1. The topological polar surface area (TPSA) is 65.8 Å². The molecular formula is C15H18N4OS. The van der Waals surface area contributed by atoms with Gasteiger partial charge in [-0.1, -0.05) is 30.8 Å². The summed E-state index contributed by atoms with van der Waals surface area (Å²) in [5.74, 6) is 0.843. The van der Waals surface area contributed by atoms with E-state index in [-0.39, 0.29) is 5.91 Å². The van der Waals surface area contributed by atoms with Crippen LogP contribution in [0.15, 0.2) is 34.4 Å². The Morgan fingerprint density at radius 2 is 2.19 bits per heavy atom. The number of hydrogen-bond donors (Lipinski definition) is 2. The number of aliphatic imine (C=N–C) groups is 1. The van der Waals surface area contributed by atoms with Crippen LogP contribution in [0.1, 0.15) is 31.7 Å². The second-order valence-electron chi connectivity index (χ2n) is 5.10. The summed E-state index contributed by atoms with van der Waals surface area (Å²) in [6, 6.07) is 8.29. The van der Waals surface area contributed by atoms with Crippen LogP contribution in [-0.4, -0.2) is 28.6 Å². The first-order valence-electron chi connectivity index (χ1n) is 7.18. The predicted octanol–water partition coefficient (Wildman–Crippen LogP) is 2.59. The van der Waals surface area contributed by atoms with Gasteiger partial charge in [0.2, 0.25) is 5.91 Å². The molecule has 3 rings (SSSR count). The number of benzene rings is 1. The Labute approximate surface area is 128 Å². The van der Waals surface area contributed by atoms with Gasteiger partial charge in [0.05, 0.1) is 11.8 Å². The minimum absolute atomic E-state index is 0.0240. The van der Waals surface area contributed by atoms with Crippen LogP contribution in [0.4, 0.5) is 5.69 Å². The van der Waals surface area contributed by atoms with Gasteiger partial charge in [-0.05, 0) is 30.5 Å². The molecule has 0 saturated heterocycles. The summed E-state index contributed by atoms with van der Waals surface area (Å²) in [4.78, 5) is 15.9. The summed E-state index contributed by atoms with van der Waals surface area (Å²) < 4.78 is 0. The molecule has 0 aromatic heterocycles. The average molecular weight is 302 g/mol. The third kappa shape index (κ3) is 3.85. The lowest BCUT2D eigenvalue weighted by molar-refractivity contribution is -0.115. The molecule has 1 aromatic carbocycles. The molecule has 0 unspecified atom stereocenters. The zero-order valence-electron chi connectivity index (χ0n) is 11.9. The molecule has 0 atom stereocenters. The first-order valence-corrected chi connectivity index (χ1v) is 8.16.